The summed E-state index contributed by atoms with van der Waals surface area (Å²) in [5.74, 6) is 0.594. The highest BCUT2D eigenvalue weighted by molar-refractivity contribution is 7.12. The van der Waals surface area contributed by atoms with Crippen LogP contribution in [0.4, 0.5) is 11.5 Å². The van der Waals surface area contributed by atoms with Crippen molar-refractivity contribution in [3.63, 3.8) is 0 Å². The number of rotatable bonds is 3. The van der Waals surface area contributed by atoms with E-state index in [4.69, 9.17) is 10.5 Å². The largest absolute Gasteiger partial charge is 0.495 e. The van der Waals surface area contributed by atoms with Gasteiger partial charge in [-0.05, 0) is 18.4 Å². The summed E-state index contributed by atoms with van der Waals surface area (Å²) >= 11 is 1.30. The Bertz CT molecular complexity index is 546. The number of ether oxygens (including phenoxy) is 1. The molecule has 4 N–H and O–H groups in total. The number of nitrogen functional groups attached to an aromatic ring is 1. The van der Waals surface area contributed by atoms with E-state index < -0.39 is 0 Å². The summed E-state index contributed by atoms with van der Waals surface area (Å²) in [7, 11) is 1.52. The molecule has 0 unspecified atom stereocenters. The third kappa shape index (κ3) is 2.09. The van der Waals surface area contributed by atoms with Gasteiger partial charge in [-0.2, -0.15) is 5.10 Å². The lowest BCUT2D eigenvalue weighted by Crippen LogP contribution is -2.12. The summed E-state index contributed by atoms with van der Waals surface area (Å²) in [6.07, 6.45) is 0. The lowest BCUT2D eigenvalue weighted by Gasteiger charge is -2.03. The molecule has 90 valence electrons. The minimum Gasteiger partial charge on any atom is -0.495 e. The number of anilines is 2. The molecule has 1 amide bonds. The molecule has 7 heteroatoms. The van der Waals surface area contributed by atoms with Crippen molar-refractivity contribution in [3.05, 3.63) is 22.0 Å². The maximum Gasteiger partial charge on any atom is 0.270 e. The summed E-state index contributed by atoms with van der Waals surface area (Å²) in [6, 6.07) is 1.73. The van der Waals surface area contributed by atoms with Crippen molar-refractivity contribution in [1.29, 1.82) is 0 Å². The van der Waals surface area contributed by atoms with Crippen LogP contribution >= 0.6 is 11.3 Å². The molecule has 0 saturated heterocycles. The quantitative estimate of drug-likeness (QED) is 0.773. The average molecular weight is 252 g/mol. The molecule has 0 fully saturated rings. The summed E-state index contributed by atoms with van der Waals surface area (Å²) in [5.41, 5.74) is 6.90. The number of aromatic amines is 1. The Morgan fingerprint density at radius 1 is 1.65 bits per heavy atom. The number of amides is 1. The highest BCUT2D eigenvalue weighted by atomic mass is 32.1. The molecular formula is C10H12N4O2S. The fourth-order valence-electron chi connectivity index (χ4n) is 1.32. The van der Waals surface area contributed by atoms with Crippen LogP contribution in [0.1, 0.15) is 15.4 Å². The molecule has 0 radical (unpaired) electrons. The molecule has 0 aromatic carbocycles. The molecule has 0 saturated carbocycles. The number of carbonyl (C=O) groups is 1. The fourth-order valence-corrected chi connectivity index (χ4v) is 2.07. The summed E-state index contributed by atoms with van der Waals surface area (Å²) < 4.78 is 5.07. The lowest BCUT2D eigenvalue weighted by molar-refractivity contribution is 0.102. The number of methoxy groups -OCH3 is 1. The zero-order valence-electron chi connectivity index (χ0n) is 9.40. The summed E-state index contributed by atoms with van der Waals surface area (Å²) in [6.45, 7) is 1.78. The van der Waals surface area contributed by atoms with E-state index in [2.05, 4.69) is 15.5 Å². The Hall–Kier alpha value is -2.02. The molecule has 0 aliphatic rings. The number of hydrogen-bond acceptors (Lipinski definition) is 5. The van der Waals surface area contributed by atoms with E-state index in [1.807, 2.05) is 0 Å². The molecule has 6 nitrogen and oxygen atoms in total. The van der Waals surface area contributed by atoms with Gasteiger partial charge < -0.3 is 15.8 Å². The predicted octanol–water partition coefficient (Wildman–Crippen LogP) is 1.62. The average Bonchev–Trinajstić information content (AvgIpc) is 2.90. The van der Waals surface area contributed by atoms with Gasteiger partial charge in [-0.25, -0.2) is 0 Å². The van der Waals surface area contributed by atoms with Crippen molar-refractivity contribution >= 4 is 28.7 Å². The molecule has 2 heterocycles. The van der Waals surface area contributed by atoms with Crippen LogP contribution in [0.15, 0.2) is 11.4 Å². The van der Waals surface area contributed by atoms with Crippen LogP contribution in [0.2, 0.25) is 0 Å². The molecule has 2 rings (SSSR count). The third-order valence-corrected chi connectivity index (χ3v) is 3.18. The van der Waals surface area contributed by atoms with E-state index in [-0.39, 0.29) is 5.91 Å². The van der Waals surface area contributed by atoms with Gasteiger partial charge in [-0.1, -0.05) is 0 Å². The SMILES string of the molecule is COc1ccsc1C(=O)Nc1n[nH]c(C)c1N. The number of nitrogens with two attached hydrogens (primary N) is 1. The first-order valence-electron chi connectivity index (χ1n) is 4.86. The smallest absolute Gasteiger partial charge is 0.270 e. The van der Waals surface area contributed by atoms with Crippen LogP contribution < -0.4 is 15.8 Å². The summed E-state index contributed by atoms with van der Waals surface area (Å²) in [4.78, 5) is 12.4. The predicted molar refractivity (Wildman–Crippen MR) is 66.6 cm³/mol. The van der Waals surface area contributed by atoms with Crippen molar-refractivity contribution in [2.24, 2.45) is 0 Å². The highest BCUT2D eigenvalue weighted by Crippen LogP contribution is 2.26. The topological polar surface area (TPSA) is 93.0 Å². The van der Waals surface area contributed by atoms with E-state index in [1.165, 1.54) is 18.4 Å². The van der Waals surface area contributed by atoms with Gasteiger partial charge in [0.1, 0.15) is 10.6 Å². The maximum atomic E-state index is 11.9. The first kappa shape index (κ1) is 11.5. The van der Waals surface area contributed by atoms with Crippen LogP contribution in [0.5, 0.6) is 5.75 Å². The van der Waals surface area contributed by atoms with Crippen molar-refractivity contribution in [2.75, 3.05) is 18.2 Å². The molecule has 2 aromatic heterocycles. The third-order valence-electron chi connectivity index (χ3n) is 2.28. The number of carbonyl (C=O) groups excluding carboxylic acids is 1. The zero-order valence-corrected chi connectivity index (χ0v) is 10.2. The second-order valence-corrected chi connectivity index (χ2v) is 4.30. The second-order valence-electron chi connectivity index (χ2n) is 3.38. The van der Waals surface area contributed by atoms with E-state index >= 15 is 0 Å². The molecular weight excluding hydrogens is 240 g/mol. The zero-order chi connectivity index (χ0) is 12.4. The molecule has 17 heavy (non-hydrogen) atoms. The molecule has 0 atom stereocenters. The molecule has 0 aliphatic carbocycles. The van der Waals surface area contributed by atoms with Gasteiger partial charge >= 0.3 is 0 Å². The van der Waals surface area contributed by atoms with Gasteiger partial charge in [0.15, 0.2) is 5.82 Å². The summed E-state index contributed by atoms with van der Waals surface area (Å²) in [5, 5.41) is 11.0. The number of H-pyrrole nitrogens is 1. The fraction of sp³-hybridized carbons (Fsp3) is 0.200. The Balaban J connectivity index is 2.20. The van der Waals surface area contributed by atoms with Crippen molar-refractivity contribution in [1.82, 2.24) is 10.2 Å². The number of aryl methyl sites for hydroxylation is 1. The van der Waals surface area contributed by atoms with Gasteiger partial charge in [-0.3, -0.25) is 9.89 Å². The number of nitrogens with zero attached hydrogens (tertiary/aromatic N) is 1. The minimum absolute atomic E-state index is 0.282. The van der Waals surface area contributed by atoms with Gasteiger partial charge in [0.25, 0.3) is 5.91 Å². The van der Waals surface area contributed by atoms with Crippen molar-refractivity contribution in [3.8, 4) is 5.75 Å². The maximum absolute atomic E-state index is 11.9. The second kappa shape index (κ2) is 4.46. The Labute approximate surface area is 102 Å². The molecule has 0 spiro atoms. The van der Waals surface area contributed by atoms with Gasteiger partial charge in [0, 0.05) is 0 Å². The van der Waals surface area contributed by atoms with E-state index in [0.717, 1.165) is 5.69 Å². The minimum atomic E-state index is -0.282. The van der Waals surface area contributed by atoms with Crippen LogP contribution in [-0.4, -0.2) is 23.2 Å². The first-order valence-corrected chi connectivity index (χ1v) is 5.74. The van der Waals surface area contributed by atoms with Crippen LogP contribution in [0.25, 0.3) is 0 Å². The van der Waals surface area contributed by atoms with E-state index in [9.17, 15) is 4.79 Å². The molecule has 0 aliphatic heterocycles. The van der Waals surface area contributed by atoms with Crippen molar-refractivity contribution in [2.45, 2.75) is 6.92 Å². The van der Waals surface area contributed by atoms with E-state index in [0.29, 0.717) is 22.1 Å². The first-order chi connectivity index (χ1) is 8.13. The number of aromatic nitrogens is 2. The standard InChI is InChI=1S/C10H12N4O2S/c1-5-7(11)9(14-13-5)12-10(15)8-6(16-2)3-4-17-8/h3-4H,11H2,1-2H3,(H2,12,13,14,15). The lowest BCUT2D eigenvalue weighted by atomic mass is 10.3. The van der Waals surface area contributed by atoms with E-state index in [1.54, 1.807) is 18.4 Å². The normalized spacial score (nSPS) is 10.2. The monoisotopic (exact) mass is 252 g/mol. The van der Waals surface area contributed by atoms with Crippen LogP contribution in [0.3, 0.4) is 0 Å². The highest BCUT2D eigenvalue weighted by Gasteiger charge is 2.16. The van der Waals surface area contributed by atoms with Crippen LogP contribution in [0, 0.1) is 6.92 Å². The van der Waals surface area contributed by atoms with Gasteiger partial charge in [0.2, 0.25) is 0 Å². The molecule has 0 bridgehead atoms. The number of nitrogens with one attached hydrogen (secondary N) is 2. The van der Waals surface area contributed by atoms with Gasteiger partial charge in [-0.15, -0.1) is 11.3 Å². The van der Waals surface area contributed by atoms with Crippen LogP contribution in [-0.2, 0) is 0 Å². The van der Waals surface area contributed by atoms with Gasteiger partial charge in [0.05, 0.1) is 18.5 Å². The van der Waals surface area contributed by atoms with Crippen molar-refractivity contribution < 1.29 is 9.53 Å². The Morgan fingerprint density at radius 3 is 3.00 bits per heavy atom. The molecule has 2 aromatic rings. The number of hydrogen-bond donors (Lipinski definition) is 3. The Kier molecular flexibility index (Phi) is 3.01. The number of thiophene rings is 1. The Morgan fingerprint density at radius 2 is 2.41 bits per heavy atom.